The lowest BCUT2D eigenvalue weighted by Crippen LogP contribution is -2.15. The van der Waals surface area contributed by atoms with Gasteiger partial charge in [-0.2, -0.15) is 10.5 Å². The highest BCUT2D eigenvalue weighted by Gasteiger charge is 2.23. The van der Waals surface area contributed by atoms with Crippen molar-refractivity contribution in [3.05, 3.63) is 50.2 Å². The number of ether oxygens (including phenoxy) is 4. The molecule has 0 spiro atoms. The predicted molar refractivity (Wildman–Crippen MR) is 132 cm³/mol. The highest BCUT2D eigenvalue weighted by molar-refractivity contribution is 7.14. The molecule has 0 atom stereocenters. The first kappa shape index (κ1) is 28.1. The highest BCUT2D eigenvalue weighted by Crippen LogP contribution is 2.31. The van der Waals surface area contributed by atoms with Gasteiger partial charge in [-0.3, -0.25) is 4.79 Å². The van der Waals surface area contributed by atoms with Crippen LogP contribution in [0.1, 0.15) is 52.0 Å². The summed E-state index contributed by atoms with van der Waals surface area (Å²) < 4.78 is 20.9. The van der Waals surface area contributed by atoms with Gasteiger partial charge in [-0.15, -0.1) is 11.3 Å². The van der Waals surface area contributed by atoms with Gasteiger partial charge in [0.15, 0.2) is 23.9 Å². The smallest absolute Gasteiger partial charge is 0.348 e. The number of hydrogen-bond acceptors (Lipinski definition) is 10. The van der Waals surface area contributed by atoms with Gasteiger partial charge in [0.25, 0.3) is 0 Å². The second kappa shape index (κ2) is 13.7. The van der Waals surface area contributed by atoms with E-state index < -0.39 is 17.7 Å². The lowest BCUT2D eigenvalue weighted by molar-refractivity contribution is -0.145. The first-order chi connectivity index (χ1) is 17.3. The van der Waals surface area contributed by atoms with Crippen LogP contribution in [0.15, 0.2) is 23.8 Å². The van der Waals surface area contributed by atoms with Crippen LogP contribution in [0.3, 0.4) is 0 Å². The topological polar surface area (TPSA) is 136 Å². The molecule has 10 heteroatoms. The molecule has 1 aromatic heterocycles. The number of carbonyl (C=O) groups is 3. The molecule has 0 fully saturated rings. The van der Waals surface area contributed by atoms with Crippen LogP contribution in [0.4, 0.5) is 0 Å². The molecule has 9 nitrogen and oxygen atoms in total. The summed E-state index contributed by atoms with van der Waals surface area (Å²) in [5.41, 5.74) is 1.05. The lowest BCUT2D eigenvalue weighted by Gasteiger charge is -2.12. The number of esters is 2. The average Bonchev–Trinajstić information content (AvgIpc) is 3.17. The highest BCUT2D eigenvalue weighted by atomic mass is 32.1. The van der Waals surface area contributed by atoms with E-state index in [4.69, 9.17) is 18.9 Å². The van der Waals surface area contributed by atoms with E-state index in [9.17, 15) is 24.9 Å². The molecule has 1 heterocycles. The molecule has 0 aliphatic heterocycles. The third-order valence-electron chi connectivity index (χ3n) is 4.76. The van der Waals surface area contributed by atoms with Crippen LogP contribution >= 0.6 is 11.3 Å². The van der Waals surface area contributed by atoms with Crippen LogP contribution in [-0.2, 0) is 25.5 Å². The molecule has 0 bridgehead atoms. The predicted octanol–water partition coefficient (Wildman–Crippen LogP) is 4.16. The molecule has 0 N–H and O–H groups in total. The zero-order chi connectivity index (χ0) is 26.7. The Bertz CT molecular complexity index is 1250. The minimum atomic E-state index is -0.556. The number of hydrogen-bond donors (Lipinski definition) is 0. The largest absolute Gasteiger partial charge is 0.490 e. The van der Waals surface area contributed by atoms with E-state index in [0.29, 0.717) is 34.1 Å². The van der Waals surface area contributed by atoms with E-state index in [1.807, 2.05) is 12.1 Å². The quantitative estimate of drug-likeness (QED) is 0.234. The fourth-order valence-corrected chi connectivity index (χ4v) is 4.31. The third kappa shape index (κ3) is 7.17. The Morgan fingerprint density at radius 2 is 1.72 bits per heavy atom. The molecule has 36 heavy (non-hydrogen) atoms. The number of benzene rings is 1. The fourth-order valence-electron chi connectivity index (χ4n) is 3.16. The zero-order valence-corrected chi connectivity index (χ0v) is 21.3. The van der Waals surface area contributed by atoms with Gasteiger partial charge in [-0.25, -0.2) is 9.59 Å². The minimum Gasteiger partial charge on any atom is -0.490 e. The van der Waals surface area contributed by atoms with E-state index >= 15 is 0 Å². The lowest BCUT2D eigenvalue weighted by atomic mass is 10.0. The molecule has 0 unspecified atom stereocenters. The minimum absolute atomic E-state index is 0.134. The second-order valence-electron chi connectivity index (χ2n) is 7.19. The van der Waals surface area contributed by atoms with Gasteiger partial charge in [0.05, 0.1) is 31.0 Å². The maximum Gasteiger partial charge on any atom is 0.348 e. The van der Waals surface area contributed by atoms with E-state index in [1.54, 1.807) is 45.9 Å². The number of ketones is 1. The van der Waals surface area contributed by atoms with E-state index in [2.05, 4.69) is 0 Å². The SMILES string of the molecule is CCOC(=O)COc1ccc(/C=C(\C#N)C(=O)Cc2sc(C(=O)OCC)c(C)c2C#N)cc1OCC. The van der Waals surface area contributed by atoms with Gasteiger partial charge < -0.3 is 18.9 Å². The van der Waals surface area contributed by atoms with Crippen molar-refractivity contribution in [2.24, 2.45) is 0 Å². The van der Waals surface area contributed by atoms with Crippen LogP contribution in [0.5, 0.6) is 11.5 Å². The van der Waals surface area contributed by atoms with Crippen LogP contribution in [0.2, 0.25) is 0 Å². The van der Waals surface area contributed by atoms with Crippen molar-refractivity contribution in [2.75, 3.05) is 26.4 Å². The molecule has 0 radical (unpaired) electrons. The molecule has 0 amide bonds. The fraction of sp³-hybridized carbons (Fsp3) is 0.346. The molecule has 2 rings (SSSR count). The van der Waals surface area contributed by atoms with Crippen molar-refractivity contribution in [3.8, 4) is 23.6 Å². The Hall–Kier alpha value is -4.15. The van der Waals surface area contributed by atoms with Gasteiger partial charge in [0.1, 0.15) is 17.0 Å². The van der Waals surface area contributed by atoms with E-state index in [1.165, 1.54) is 6.08 Å². The molecule has 1 aromatic carbocycles. The first-order valence-corrected chi connectivity index (χ1v) is 12.0. The molecule has 0 saturated heterocycles. The van der Waals surface area contributed by atoms with Gasteiger partial charge in [0, 0.05) is 11.3 Å². The summed E-state index contributed by atoms with van der Waals surface area (Å²) in [4.78, 5) is 37.3. The maximum absolute atomic E-state index is 12.9. The average molecular weight is 511 g/mol. The molecule has 0 saturated carbocycles. The standard InChI is InChI=1S/C26H26N2O7S/c1-5-32-22-11-17(8-9-21(22)35-15-24(30)33-6-2)10-18(13-27)20(29)12-23-19(14-28)16(4)25(36-23)26(31)34-7-3/h8-11H,5-7,12,15H2,1-4H3/b18-10+. The number of allylic oxidation sites excluding steroid dienone is 1. The van der Waals surface area contributed by atoms with Crippen molar-refractivity contribution >= 4 is 35.1 Å². The molecular formula is C26H26N2O7S. The summed E-state index contributed by atoms with van der Waals surface area (Å²) in [5, 5.41) is 19.2. The Morgan fingerprint density at radius 1 is 1.00 bits per heavy atom. The van der Waals surface area contributed by atoms with Gasteiger partial charge in [0.2, 0.25) is 0 Å². The van der Waals surface area contributed by atoms with Crippen molar-refractivity contribution < 1.29 is 33.3 Å². The normalized spacial score (nSPS) is 10.7. The number of rotatable bonds is 12. The summed E-state index contributed by atoms with van der Waals surface area (Å²) in [7, 11) is 0. The van der Waals surface area contributed by atoms with Gasteiger partial charge in [-0.1, -0.05) is 6.07 Å². The van der Waals surface area contributed by atoms with Gasteiger partial charge in [-0.05, 0) is 57.0 Å². The Labute approximate surface area is 213 Å². The second-order valence-corrected chi connectivity index (χ2v) is 8.29. The first-order valence-electron chi connectivity index (χ1n) is 11.2. The molecule has 0 aliphatic carbocycles. The number of nitriles is 2. The van der Waals surface area contributed by atoms with E-state index in [-0.39, 0.29) is 42.3 Å². The van der Waals surface area contributed by atoms with Gasteiger partial charge >= 0.3 is 11.9 Å². The molecule has 188 valence electrons. The van der Waals surface area contributed by atoms with Crippen molar-refractivity contribution in [3.63, 3.8) is 0 Å². The number of nitrogens with zero attached hydrogens (tertiary/aromatic N) is 2. The van der Waals surface area contributed by atoms with Crippen molar-refractivity contribution in [1.82, 2.24) is 0 Å². The number of thiophene rings is 1. The van der Waals surface area contributed by atoms with E-state index in [0.717, 1.165) is 11.3 Å². The van der Waals surface area contributed by atoms with Crippen LogP contribution in [0.25, 0.3) is 6.08 Å². The van der Waals surface area contributed by atoms with Crippen molar-refractivity contribution in [2.45, 2.75) is 34.1 Å². The molecule has 0 aliphatic rings. The maximum atomic E-state index is 12.9. The monoisotopic (exact) mass is 510 g/mol. The van der Waals surface area contributed by atoms with Crippen LogP contribution in [0, 0.1) is 29.6 Å². The summed E-state index contributed by atoms with van der Waals surface area (Å²) in [6.45, 7) is 7.23. The zero-order valence-electron chi connectivity index (χ0n) is 20.5. The summed E-state index contributed by atoms with van der Waals surface area (Å²) in [6.07, 6.45) is 1.19. The summed E-state index contributed by atoms with van der Waals surface area (Å²) >= 11 is 1.01. The van der Waals surface area contributed by atoms with Crippen LogP contribution < -0.4 is 9.47 Å². The Morgan fingerprint density at radius 3 is 2.33 bits per heavy atom. The Kier molecular flexibility index (Phi) is 10.7. The van der Waals surface area contributed by atoms with Crippen molar-refractivity contribution in [1.29, 1.82) is 10.5 Å². The number of carbonyl (C=O) groups excluding carboxylic acids is 3. The Balaban J connectivity index is 2.30. The summed E-state index contributed by atoms with van der Waals surface area (Å²) in [6, 6.07) is 8.70. The molecule has 2 aromatic rings. The third-order valence-corrected chi connectivity index (χ3v) is 6.04. The molecular weight excluding hydrogens is 484 g/mol. The van der Waals surface area contributed by atoms with Crippen LogP contribution in [-0.4, -0.2) is 44.1 Å². The number of Topliss-reactive ketones (excluding diaryl/α,β-unsaturated/α-hetero) is 1. The summed E-state index contributed by atoms with van der Waals surface area (Å²) in [5.74, 6) is -0.940.